The summed E-state index contributed by atoms with van der Waals surface area (Å²) in [5.41, 5.74) is 3.00. The third-order valence-corrected chi connectivity index (χ3v) is 5.36. The summed E-state index contributed by atoms with van der Waals surface area (Å²) in [6, 6.07) is 13.6. The molecule has 3 aromatic rings. The zero-order chi connectivity index (χ0) is 21.6. The maximum Gasteiger partial charge on any atom is 0.248 e. The van der Waals surface area contributed by atoms with Gasteiger partial charge in [-0.3, -0.25) is 14.9 Å². The van der Waals surface area contributed by atoms with E-state index in [0.29, 0.717) is 44.8 Å². The lowest BCUT2D eigenvalue weighted by Gasteiger charge is -2.17. The highest BCUT2D eigenvalue weighted by atomic mass is 79.9. The summed E-state index contributed by atoms with van der Waals surface area (Å²) in [6.45, 7) is 0.998. The first-order chi connectivity index (χ1) is 15.0. The quantitative estimate of drug-likeness (QED) is 0.475. The average molecular weight is 484 g/mol. The van der Waals surface area contributed by atoms with Crippen molar-refractivity contribution in [2.75, 3.05) is 17.2 Å². The number of aromatic nitrogens is 3. The van der Waals surface area contributed by atoms with Gasteiger partial charge in [0.2, 0.25) is 17.8 Å². The van der Waals surface area contributed by atoms with E-state index in [4.69, 9.17) is 4.74 Å². The van der Waals surface area contributed by atoms with Gasteiger partial charge < -0.3 is 10.1 Å². The molecule has 31 heavy (non-hydrogen) atoms. The number of anilines is 2. The molecule has 2 heterocycles. The minimum absolute atomic E-state index is 0.0415. The van der Waals surface area contributed by atoms with Crippen LogP contribution in [0, 0.1) is 0 Å². The number of rotatable bonds is 8. The minimum atomic E-state index is -0.154. The number of fused-ring (bicyclic) bond motifs is 1. The van der Waals surface area contributed by atoms with Gasteiger partial charge in [0, 0.05) is 23.0 Å². The topological polar surface area (TPSA) is 98.1 Å². The largest absolute Gasteiger partial charge is 0.494 e. The summed E-state index contributed by atoms with van der Waals surface area (Å²) >= 11 is 3.41. The van der Waals surface area contributed by atoms with Crippen molar-refractivity contribution in [2.24, 2.45) is 0 Å². The SMILES string of the molecule is O=C(CCCOc1ccc2c(c1)CCC(=O)N2)Nc1ncn(Cc2ccc(Br)cc2)n1. The summed E-state index contributed by atoms with van der Waals surface area (Å²) in [7, 11) is 0. The van der Waals surface area contributed by atoms with Gasteiger partial charge in [-0.05, 0) is 54.3 Å². The Hall–Kier alpha value is -3.20. The third kappa shape index (κ3) is 5.91. The van der Waals surface area contributed by atoms with E-state index in [1.807, 2.05) is 42.5 Å². The summed E-state index contributed by atoms with van der Waals surface area (Å²) in [6.07, 6.45) is 3.67. The van der Waals surface area contributed by atoms with Gasteiger partial charge in [-0.2, -0.15) is 0 Å². The number of hydrogen-bond acceptors (Lipinski definition) is 5. The molecule has 0 unspecified atom stereocenters. The summed E-state index contributed by atoms with van der Waals surface area (Å²) in [4.78, 5) is 27.7. The van der Waals surface area contributed by atoms with E-state index < -0.39 is 0 Å². The van der Waals surface area contributed by atoms with Crippen molar-refractivity contribution in [2.45, 2.75) is 32.2 Å². The van der Waals surface area contributed by atoms with Crippen LogP contribution in [-0.4, -0.2) is 33.2 Å². The van der Waals surface area contributed by atoms with Gasteiger partial charge in [-0.25, -0.2) is 9.67 Å². The number of nitrogens with zero attached hydrogens (tertiary/aromatic N) is 3. The fraction of sp³-hybridized carbons (Fsp3) is 0.273. The Bertz CT molecular complexity index is 1080. The van der Waals surface area contributed by atoms with Gasteiger partial charge in [0.25, 0.3) is 0 Å². The van der Waals surface area contributed by atoms with Crippen LogP contribution in [0.1, 0.15) is 30.4 Å². The van der Waals surface area contributed by atoms with Gasteiger partial charge in [-0.15, -0.1) is 5.10 Å². The van der Waals surface area contributed by atoms with Crippen LogP contribution in [0.2, 0.25) is 0 Å². The van der Waals surface area contributed by atoms with Gasteiger partial charge in [-0.1, -0.05) is 28.1 Å². The molecule has 0 aliphatic carbocycles. The lowest BCUT2D eigenvalue weighted by Crippen LogP contribution is -2.18. The number of amides is 2. The highest BCUT2D eigenvalue weighted by Crippen LogP contribution is 2.26. The lowest BCUT2D eigenvalue weighted by molar-refractivity contribution is -0.117. The molecular formula is C22H22BrN5O3. The molecule has 2 N–H and O–H groups in total. The predicted octanol–water partition coefficient (Wildman–Crippen LogP) is 3.77. The number of halogens is 1. The van der Waals surface area contributed by atoms with Crippen LogP contribution in [0.3, 0.4) is 0 Å². The maximum absolute atomic E-state index is 12.1. The van der Waals surface area contributed by atoms with E-state index in [0.717, 1.165) is 27.0 Å². The molecular weight excluding hydrogens is 462 g/mol. The Balaban J connectivity index is 1.19. The molecule has 1 aliphatic rings. The number of nitrogens with one attached hydrogen (secondary N) is 2. The fourth-order valence-electron chi connectivity index (χ4n) is 3.26. The molecule has 0 fully saturated rings. The van der Waals surface area contributed by atoms with Crippen molar-refractivity contribution < 1.29 is 14.3 Å². The van der Waals surface area contributed by atoms with E-state index >= 15 is 0 Å². The Morgan fingerprint density at radius 2 is 2.03 bits per heavy atom. The Kier molecular flexibility index (Phi) is 6.61. The van der Waals surface area contributed by atoms with Crippen molar-refractivity contribution in [3.8, 4) is 5.75 Å². The van der Waals surface area contributed by atoms with Gasteiger partial charge in [0.15, 0.2) is 0 Å². The second-order valence-electron chi connectivity index (χ2n) is 7.26. The van der Waals surface area contributed by atoms with E-state index in [2.05, 4.69) is 36.6 Å². The van der Waals surface area contributed by atoms with Crippen LogP contribution >= 0.6 is 15.9 Å². The van der Waals surface area contributed by atoms with E-state index in [-0.39, 0.29) is 11.8 Å². The Morgan fingerprint density at radius 3 is 2.87 bits per heavy atom. The Labute approximate surface area is 188 Å². The molecule has 4 rings (SSSR count). The molecule has 160 valence electrons. The minimum Gasteiger partial charge on any atom is -0.494 e. The molecule has 0 bridgehead atoms. The van der Waals surface area contributed by atoms with E-state index in [9.17, 15) is 9.59 Å². The molecule has 1 aliphatic heterocycles. The van der Waals surface area contributed by atoms with Crippen LogP contribution in [0.4, 0.5) is 11.6 Å². The number of carbonyl (C=O) groups excluding carboxylic acids is 2. The van der Waals surface area contributed by atoms with Crippen LogP contribution in [-0.2, 0) is 22.6 Å². The highest BCUT2D eigenvalue weighted by molar-refractivity contribution is 9.10. The summed E-state index contributed by atoms with van der Waals surface area (Å²) in [5.74, 6) is 0.918. The molecule has 0 radical (unpaired) electrons. The van der Waals surface area contributed by atoms with Crippen LogP contribution in [0.25, 0.3) is 0 Å². The summed E-state index contributed by atoms with van der Waals surface area (Å²) < 4.78 is 8.45. The second kappa shape index (κ2) is 9.74. The fourth-order valence-corrected chi connectivity index (χ4v) is 3.53. The van der Waals surface area contributed by atoms with Crippen molar-refractivity contribution >= 4 is 39.4 Å². The zero-order valence-corrected chi connectivity index (χ0v) is 18.4. The molecule has 0 saturated carbocycles. The highest BCUT2D eigenvalue weighted by Gasteiger charge is 2.15. The van der Waals surface area contributed by atoms with Crippen LogP contribution in [0.15, 0.2) is 53.3 Å². The smallest absolute Gasteiger partial charge is 0.248 e. The predicted molar refractivity (Wildman–Crippen MR) is 120 cm³/mol. The number of benzene rings is 2. The monoisotopic (exact) mass is 483 g/mol. The van der Waals surface area contributed by atoms with Gasteiger partial charge >= 0.3 is 0 Å². The molecule has 0 saturated heterocycles. The first-order valence-electron chi connectivity index (χ1n) is 10.0. The van der Waals surface area contributed by atoms with E-state index in [1.165, 1.54) is 0 Å². The first-order valence-corrected chi connectivity index (χ1v) is 10.8. The molecule has 2 aromatic carbocycles. The zero-order valence-electron chi connectivity index (χ0n) is 16.8. The van der Waals surface area contributed by atoms with Crippen molar-refractivity contribution in [1.82, 2.24) is 14.8 Å². The number of ether oxygens (including phenoxy) is 1. The van der Waals surface area contributed by atoms with Crippen LogP contribution < -0.4 is 15.4 Å². The van der Waals surface area contributed by atoms with Crippen molar-refractivity contribution in [3.05, 3.63) is 64.4 Å². The lowest BCUT2D eigenvalue weighted by atomic mass is 10.0. The molecule has 0 spiro atoms. The molecule has 1 aromatic heterocycles. The second-order valence-corrected chi connectivity index (χ2v) is 8.18. The third-order valence-electron chi connectivity index (χ3n) is 4.83. The number of hydrogen-bond donors (Lipinski definition) is 2. The van der Waals surface area contributed by atoms with Gasteiger partial charge in [0.1, 0.15) is 12.1 Å². The van der Waals surface area contributed by atoms with Crippen molar-refractivity contribution in [3.63, 3.8) is 0 Å². The normalized spacial score (nSPS) is 12.7. The van der Waals surface area contributed by atoms with Crippen LogP contribution in [0.5, 0.6) is 5.75 Å². The average Bonchev–Trinajstić information content (AvgIpc) is 3.19. The number of carbonyl (C=O) groups is 2. The Morgan fingerprint density at radius 1 is 1.19 bits per heavy atom. The molecule has 8 nitrogen and oxygen atoms in total. The van der Waals surface area contributed by atoms with E-state index in [1.54, 1.807) is 11.0 Å². The number of aryl methyl sites for hydroxylation is 1. The van der Waals surface area contributed by atoms with Gasteiger partial charge in [0.05, 0.1) is 13.2 Å². The van der Waals surface area contributed by atoms with Crippen molar-refractivity contribution in [1.29, 1.82) is 0 Å². The molecule has 2 amide bonds. The first kappa shape index (κ1) is 21.0. The standard InChI is InChI=1S/C22H22BrN5O3/c23-17-6-3-15(4-7-17)13-28-14-24-22(27-28)26-20(29)2-1-11-31-18-8-9-19-16(12-18)5-10-21(30)25-19/h3-4,6-9,12,14H,1-2,5,10-11,13H2,(H,25,30)(H,26,27,29). The summed E-state index contributed by atoms with van der Waals surface area (Å²) in [5, 5.41) is 9.85. The molecule has 9 heteroatoms. The maximum atomic E-state index is 12.1. The molecule has 0 atom stereocenters.